The molecule has 29 heavy (non-hydrogen) atoms. The van der Waals surface area contributed by atoms with E-state index in [4.69, 9.17) is 4.74 Å². The van der Waals surface area contributed by atoms with Crippen LogP contribution in [-0.4, -0.2) is 56.0 Å². The Morgan fingerprint density at radius 2 is 1.79 bits per heavy atom. The van der Waals surface area contributed by atoms with Crippen molar-refractivity contribution in [2.75, 3.05) is 12.9 Å². The van der Waals surface area contributed by atoms with Crippen LogP contribution in [0.15, 0.2) is 29.4 Å². The van der Waals surface area contributed by atoms with E-state index < -0.39 is 0 Å². The molecule has 1 aromatic carbocycles. The number of carbonyl (C=O) groups excluding carboxylic acids is 1. The molecular weight excluding hydrogens is 386 g/mol. The van der Waals surface area contributed by atoms with Crippen LogP contribution in [0.4, 0.5) is 0 Å². The first kappa shape index (κ1) is 20.2. The van der Waals surface area contributed by atoms with E-state index in [0.29, 0.717) is 29.5 Å². The van der Waals surface area contributed by atoms with Crippen LogP contribution >= 0.6 is 11.8 Å². The van der Waals surface area contributed by atoms with E-state index in [1.807, 2.05) is 24.3 Å². The predicted octanol–water partition coefficient (Wildman–Crippen LogP) is 3.39. The molecule has 8 heteroatoms. The number of hydrogen-bond acceptors (Lipinski definition) is 6. The minimum absolute atomic E-state index is 0.232. The first-order valence-electron chi connectivity index (χ1n) is 10.5. The Hall–Kier alpha value is -2.09. The van der Waals surface area contributed by atoms with Crippen molar-refractivity contribution in [2.24, 2.45) is 5.92 Å². The summed E-state index contributed by atoms with van der Waals surface area (Å²) in [7, 11) is 1.65. The molecule has 7 nitrogen and oxygen atoms in total. The van der Waals surface area contributed by atoms with Gasteiger partial charge in [0.15, 0.2) is 0 Å². The molecule has 0 unspecified atom stereocenters. The lowest BCUT2D eigenvalue weighted by Gasteiger charge is -2.36. The fourth-order valence-electron chi connectivity index (χ4n) is 4.08. The molecular formula is C21H29N5O2S. The summed E-state index contributed by atoms with van der Waals surface area (Å²) in [5.74, 6) is 2.24. The number of tetrazole rings is 1. The summed E-state index contributed by atoms with van der Waals surface area (Å²) < 4.78 is 6.96. The van der Waals surface area contributed by atoms with Crippen LogP contribution in [0.1, 0.15) is 51.0 Å². The second kappa shape index (κ2) is 9.15. The highest BCUT2D eigenvalue weighted by molar-refractivity contribution is 7.99. The molecule has 2 fully saturated rings. The molecule has 0 saturated heterocycles. The normalized spacial score (nSPS) is 21.7. The summed E-state index contributed by atoms with van der Waals surface area (Å²) in [6, 6.07) is 8.72. The van der Waals surface area contributed by atoms with Gasteiger partial charge in [-0.3, -0.25) is 4.79 Å². The maximum Gasteiger partial charge on any atom is 0.233 e. The van der Waals surface area contributed by atoms with Gasteiger partial charge in [-0.15, -0.1) is 5.10 Å². The maximum atomic E-state index is 13.1. The molecule has 2 aromatic rings. The fraction of sp³-hybridized carbons (Fsp3) is 0.619. The van der Waals surface area contributed by atoms with Gasteiger partial charge >= 0.3 is 0 Å². The number of thioether (sulfide) groups is 1. The molecule has 156 valence electrons. The molecule has 1 aromatic heterocycles. The molecule has 2 aliphatic carbocycles. The zero-order chi connectivity index (χ0) is 20.2. The van der Waals surface area contributed by atoms with E-state index in [-0.39, 0.29) is 5.91 Å². The van der Waals surface area contributed by atoms with Crippen LogP contribution in [0.5, 0.6) is 5.75 Å². The summed E-state index contributed by atoms with van der Waals surface area (Å²) in [5, 5.41) is 12.7. The van der Waals surface area contributed by atoms with Crippen LogP contribution < -0.4 is 4.74 Å². The molecule has 1 heterocycles. The topological polar surface area (TPSA) is 73.1 Å². The smallest absolute Gasteiger partial charge is 0.233 e. The molecule has 0 N–H and O–H groups in total. The number of methoxy groups -OCH3 is 1. The predicted molar refractivity (Wildman–Crippen MR) is 112 cm³/mol. The lowest BCUT2D eigenvalue weighted by molar-refractivity contribution is -0.132. The highest BCUT2D eigenvalue weighted by atomic mass is 32.2. The molecule has 0 aliphatic heterocycles. The van der Waals surface area contributed by atoms with E-state index in [2.05, 4.69) is 27.3 Å². The minimum atomic E-state index is 0.232. The molecule has 2 aliphatic rings. The average Bonchev–Trinajstić information content (AvgIpc) is 3.47. The first-order valence-corrected chi connectivity index (χ1v) is 11.5. The van der Waals surface area contributed by atoms with Crippen molar-refractivity contribution in [3.63, 3.8) is 0 Å². The average molecular weight is 416 g/mol. The molecule has 0 spiro atoms. The second-order valence-electron chi connectivity index (χ2n) is 8.20. The van der Waals surface area contributed by atoms with E-state index in [1.165, 1.54) is 24.6 Å². The zero-order valence-electron chi connectivity index (χ0n) is 17.2. The number of aromatic nitrogens is 4. The van der Waals surface area contributed by atoms with Crippen molar-refractivity contribution in [1.29, 1.82) is 0 Å². The van der Waals surface area contributed by atoms with Gasteiger partial charge in [0, 0.05) is 12.1 Å². The van der Waals surface area contributed by atoms with Crippen LogP contribution in [0.25, 0.3) is 0 Å². The monoisotopic (exact) mass is 415 g/mol. The van der Waals surface area contributed by atoms with Crippen LogP contribution in [0.3, 0.4) is 0 Å². The number of rotatable bonds is 8. The first-order chi connectivity index (χ1) is 14.1. The van der Waals surface area contributed by atoms with Gasteiger partial charge in [-0.05, 0) is 72.6 Å². The Bertz CT molecular complexity index is 813. The minimum Gasteiger partial charge on any atom is -0.497 e. The van der Waals surface area contributed by atoms with Gasteiger partial charge in [-0.1, -0.05) is 30.8 Å². The molecule has 0 atom stereocenters. The number of ether oxygens (including phenoxy) is 1. The van der Waals surface area contributed by atoms with Crippen molar-refractivity contribution in [3.8, 4) is 5.75 Å². The van der Waals surface area contributed by atoms with Crippen LogP contribution in [0, 0.1) is 5.92 Å². The molecule has 0 radical (unpaired) electrons. The van der Waals surface area contributed by atoms with Crippen molar-refractivity contribution >= 4 is 17.7 Å². The summed E-state index contributed by atoms with van der Waals surface area (Å²) in [5.41, 5.74) is 1.09. The van der Waals surface area contributed by atoms with Gasteiger partial charge in [0.25, 0.3) is 0 Å². The van der Waals surface area contributed by atoms with E-state index in [0.717, 1.165) is 42.9 Å². The Balaban J connectivity index is 1.36. The van der Waals surface area contributed by atoms with E-state index in [9.17, 15) is 4.79 Å². The van der Waals surface area contributed by atoms with Gasteiger partial charge in [0.1, 0.15) is 5.75 Å². The summed E-state index contributed by atoms with van der Waals surface area (Å²) >= 11 is 1.44. The molecule has 4 rings (SSSR count). The standard InChI is InChI=1S/C21H29N5O2S/c1-15-3-7-17(8-4-15)26(18-9-10-18)20(27)14-29-21-22-23-24-25(21)13-16-5-11-19(28-2)12-6-16/h5-6,11-12,15,17-18H,3-4,7-10,13-14H2,1-2H3. The largest absolute Gasteiger partial charge is 0.497 e. The summed E-state index contributed by atoms with van der Waals surface area (Å²) in [6.45, 7) is 2.89. The van der Waals surface area contributed by atoms with Gasteiger partial charge in [-0.25, -0.2) is 4.68 Å². The lowest BCUT2D eigenvalue weighted by atomic mass is 9.86. The Labute approximate surface area is 176 Å². The van der Waals surface area contributed by atoms with Crippen molar-refractivity contribution in [1.82, 2.24) is 25.1 Å². The van der Waals surface area contributed by atoms with Crippen LogP contribution in [0.2, 0.25) is 0 Å². The number of amides is 1. The van der Waals surface area contributed by atoms with E-state index >= 15 is 0 Å². The number of nitrogens with zero attached hydrogens (tertiary/aromatic N) is 5. The lowest BCUT2D eigenvalue weighted by Crippen LogP contribution is -2.44. The van der Waals surface area contributed by atoms with Gasteiger partial charge in [0.2, 0.25) is 11.1 Å². The quantitative estimate of drug-likeness (QED) is 0.616. The SMILES string of the molecule is COc1ccc(Cn2nnnc2SCC(=O)N(C2CCC(C)CC2)C2CC2)cc1. The molecule has 2 saturated carbocycles. The van der Waals surface area contributed by atoms with Crippen molar-refractivity contribution < 1.29 is 9.53 Å². The molecule has 0 bridgehead atoms. The maximum absolute atomic E-state index is 13.1. The second-order valence-corrected chi connectivity index (χ2v) is 9.14. The van der Waals surface area contributed by atoms with E-state index in [1.54, 1.807) is 11.8 Å². The Morgan fingerprint density at radius 1 is 1.14 bits per heavy atom. The third kappa shape index (κ3) is 5.10. The highest BCUT2D eigenvalue weighted by Crippen LogP contribution is 2.36. The van der Waals surface area contributed by atoms with Gasteiger partial charge < -0.3 is 9.64 Å². The number of benzene rings is 1. The fourth-order valence-corrected chi connectivity index (χ4v) is 4.83. The van der Waals surface area contributed by atoms with Gasteiger partial charge in [-0.2, -0.15) is 0 Å². The Kier molecular flexibility index (Phi) is 6.37. The number of carbonyl (C=O) groups is 1. The third-order valence-electron chi connectivity index (χ3n) is 5.92. The summed E-state index contributed by atoms with van der Waals surface area (Å²) in [4.78, 5) is 15.2. The number of hydrogen-bond donors (Lipinski definition) is 0. The van der Waals surface area contributed by atoms with Crippen molar-refractivity contribution in [3.05, 3.63) is 29.8 Å². The summed E-state index contributed by atoms with van der Waals surface area (Å²) in [6.07, 6.45) is 7.05. The van der Waals surface area contributed by atoms with Crippen LogP contribution in [-0.2, 0) is 11.3 Å². The van der Waals surface area contributed by atoms with Gasteiger partial charge in [0.05, 0.1) is 19.4 Å². The molecule has 1 amide bonds. The zero-order valence-corrected chi connectivity index (χ0v) is 18.0. The van der Waals surface area contributed by atoms with Crippen molar-refractivity contribution in [2.45, 2.75) is 69.2 Å². The Morgan fingerprint density at radius 3 is 2.41 bits per heavy atom. The third-order valence-corrected chi connectivity index (χ3v) is 6.86. The highest BCUT2D eigenvalue weighted by Gasteiger charge is 2.38.